The van der Waals surface area contributed by atoms with Gasteiger partial charge in [-0.3, -0.25) is 4.79 Å². The molecule has 1 rings (SSSR count). The van der Waals surface area contributed by atoms with Crippen LogP contribution < -0.4 is 10.6 Å². The van der Waals surface area contributed by atoms with Gasteiger partial charge in [0.05, 0.1) is 6.04 Å². The molecule has 0 aromatic heterocycles. The molecule has 0 spiro atoms. The number of hydrogen-bond acceptors (Lipinski definition) is 2. The van der Waals surface area contributed by atoms with Crippen molar-refractivity contribution in [3.05, 3.63) is 29.8 Å². The molecule has 0 saturated carbocycles. The zero-order chi connectivity index (χ0) is 13.4. The normalized spacial score (nSPS) is 11.3. The summed E-state index contributed by atoms with van der Waals surface area (Å²) >= 11 is 0. The van der Waals surface area contributed by atoms with E-state index >= 15 is 0 Å². The van der Waals surface area contributed by atoms with Gasteiger partial charge in [0.25, 0.3) is 0 Å². The third kappa shape index (κ3) is 5.03. The van der Waals surface area contributed by atoms with Crippen LogP contribution in [0.4, 0.5) is 5.69 Å². The second-order valence-electron chi connectivity index (χ2n) is 4.21. The summed E-state index contributed by atoms with van der Waals surface area (Å²) in [4.78, 5) is 11.9. The van der Waals surface area contributed by atoms with Crippen LogP contribution >= 0.6 is 0 Å². The van der Waals surface area contributed by atoms with Crippen LogP contribution in [0.15, 0.2) is 24.3 Å². The van der Waals surface area contributed by atoms with Gasteiger partial charge in [-0.1, -0.05) is 17.7 Å². The third-order valence-corrected chi connectivity index (χ3v) is 2.59. The Morgan fingerprint density at radius 3 is 2.61 bits per heavy atom. The minimum absolute atomic E-state index is 0.0247. The van der Waals surface area contributed by atoms with Gasteiger partial charge in [-0.2, -0.15) is 0 Å². The highest BCUT2D eigenvalue weighted by Gasteiger charge is 2.11. The summed E-state index contributed by atoms with van der Waals surface area (Å²) < 4.78 is 0. The minimum Gasteiger partial charge on any atom is -0.325 e. The number of carbonyl (C=O) groups is 1. The van der Waals surface area contributed by atoms with Gasteiger partial charge in [0, 0.05) is 18.7 Å². The lowest BCUT2D eigenvalue weighted by molar-refractivity contribution is -0.117. The number of anilines is 1. The SMILES string of the molecule is CC#CCCNC(C)C(=O)Nc1ccc(C)cc1. The van der Waals surface area contributed by atoms with Crippen molar-refractivity contribution in [3.63, 3.8) is 0 Å². The van der Waals surface area contributed by atoms with Crippen molar-refractivity contribution in [1.82, 2.24) is 5.32 Å². The van der Waals surface area contributed by atoms with Gasteiger partial charge in [0.1, 0.15) is 0 Å². The van der Waals surface area contributed by atoms with Crippen molar-refractivity contribution in [3.8, 4) is 11.8 Å². The van der Waals surface area contributed by atoms with Crippen molar-refractivity contribution in [2.75, 3.05) is 11.9 Å². The molecule has 18 heavy (non-hydrogen) atoms. The topological polar surface area (TPSA) is 41.1 Å². The quantitative estimate of drug-likeness (QED) is 0.616. The molecule has 0 fully saturated rings. The van der Waals surface area contributed by atoms with Crippen LogP contribution in [0.5, 0.6) is 0 Å². The highest BCUT2D eigenvalue weighted by atomic mass is 16.2. The van der Waals surface area contributed by atoms with E-state index in [1.54, 1.807) is 0 Å². The molecule has 1 aromatic carbocycles. The van der Waals surface area contributed by atoms with Gasteiger partial charge in [0.15, 0.2) is 0 Å². The number of carbonyl (C=O) groups excluding carboxylic acids is 1. The summed E-state index contributed by atoms with van der Waals surface area (Å²) in [6.45, 7) is 6.41. The van der Waals surface area contributed by atoms with Crippen molar-refractivity contribution >= 4 is 11.6 Å². The van der Waals surface area contributed by atoms with Crippen LogP contribution in [0.3, 0.4) is 0 Å². The van der Waals surface area contributed by atoms with Crippen LogP contribution in [-0.4, -0.2) is 18.5 Å². The standard InChI is InChI=1S/C15H20N2O/c1-4-5-6-11-16-13(3)15(18)17-14-9-7-12(2)8-10-14/h7-10,13,16H,6,11H2,1-3H3,(H,17,18). The molecule has 3 heteroatoms. The van der Waals surface area contributed by atoms with E-state index in [0.717, 1.165) is 18.7 Å². The Kier molecular flexibility index (Phi) is 5.96. The van der Waals surface area contributed by atoms with Crippen molar-refractivity contribution < 1.29 is 4.79 Å². The maximum atomic E-state index is 11.9. The summed E-state index contributed by atoms with van der Waals surface area (Å²) in [5.74, 6) is 5.75. The summed E-state index contributed by atoms with van der Waals surface area (Å²) in [6, 6.07) is 7.55. The predicted molar refractivity (Wildman–Crippen MR) is 75.3 cm³/mol. The van der Waals surface area contributed by atoms with Crippen LogP contribution in [0.2, 0.25) is 0 Å². The van der Waals surface area contributed by atoms with Gasteiger partial charge in [-0.15, -0.1) is 11.8 Å². The van der Waals surface area contributed by atoms with Crippen molar-refractivity contribution in [1.29, 1.82) is 0 Å². The van der Waals surface area contributed by atoms with Gasteiger partial charge in [-0.05, 0) is 32.9 Å². The molecule has 1 atom stereocenters. The molecular formula is C15H20N2O. The molecular weight excluding hydrogens is 224 g/mol. The largest absolute Gasteiger partial charge is 0.325 e. The van der Waals surface area contributed by atoms with Gasteiger partial charge < -0.3 is 10.6 Å². The number of rotatable bonds is 5. The van der Waals surface area contributed by atoms with E-state index in [1.807, 2.05) is 45.0 Å². The maximum absolute atomic E-state index is 11.9. The molecule has 0 saturated heterocycles. The van der Waals surface area contributed by atoms with Crippen LogP contribution in [0, 0.1) is 18.8 Å². The number of aryl methyl sites for hydroxylation is 1. The molecule has 1 unspecified atom stereocenters. The molecule has 0 aliphatic rings. The molecule has 96 valence electrons. The number of hydrogen-bond donors (Lipinski definition) is 2. The fourth-order valence-corrected chi connectivity index (χ4v) is 1.46. The first kappa shape index (κ1) is 14.3. The molecule has 0 aliphatic heterocycles. The fourth-order valence-electron chi connectivity index (χ4n) is 1.46. The molecule has 0 heterocycles. The Balaban J connectivity index is 2.39. The fraction of sp³-hybridized carbons (Fsp3) is 0.400. The van der Waals surface area contributed by atoms with Crippen molar-refractivity contribution in [2.45, 2.75) is 33.2 Å². The molecule has 3 nitrogen and oxygen atoms in total. The monoisotopic (exact) mass is 244 g/mol. The second kappa shape index (κ2) is 7.52. The smallest absolute Gasteiger partial charge is 0.241 e. The Morgan fingerprint density at radius 2 is 2.00 bits per heavy atom. The zero-order valence-corrected chi connectivity index (χ0v) is 11.2. The van der Waals surface area contributed by atoms with E-state index in [2.05, 4.69) is 22.5 Å². The molecule has 1 amide bonds. The Bertz CT molecular complexity index is 440. The summed E-state index contributed by atoms with van der Waals surface area (Å²) in [5, 5.41) is 6.01. The van der Waals surface area contributed by atoms with Crippen LogP contribution in [0.25, 0.3) is 0 Å². The lowest BCUT2D eigenvalue weighted by Crippen LogP contribution is -2.38. The highest BCUT2D eigenvalue weighted by molar-refractivity contribution is 5.94. The number of nitrogens with one attached hydrogen (secondary N) is 2. The third-order valence-electron chi connectivity index (χ3n) is 2.59. The van der Waals surface area contributed by atoms with Gasteiger partial charge in [-0.25, -0.2) is 0 Å². The molecule has 0 radical (unpaired) electrons. The lowest BCUT2D eigenvalue weighted by Gasteiger charge is -2.13. The van der Waals surface area contributed by atoms with Gasteiger partial charge in [0.2, 0.25) is 5.91 Å². The van der Waals surface area contributed by atoms with E-state index in [-0.39, 0.29) is 11.9 Å². The van der Waals surface area contributed by atoms with E-state index in [9.17, 15) is 4.79 Å². The molecule has 1 aromatic rings. The minimum atomic E-state index is -0.218. The Hall–Kier alpha value is -1.79. The van der Waals surface area contributed by atoms with E-state index in [1.165, 1.54) is 5.56 Å². The summed E-state index contributed by atoms with van der Waals surface area (Å²) in [6.07, 6.45) is 0.763. The zero-order valence-electron chi connectivity index (χ0n) is 11.2. The predicted octanol–water partition coefficient (Wildman–Crippen LogP) is 2.33. The van der Waals surface area contributed by atoms with E-state index in [4.69, 9.17) is 0 Å². The Labute approximate surface area is 109 Å². The van der Waals surface area contributed by atoms with E-state index in [0.29, 0.717) is 0 Å². The summed E-state index contributed by atoms with van der Waals surface area (Å²) in [5.41, 5.74) is 2.00. The first-order valence-corrected chi connectivity index (χ1v) is 6.14. The lowest BCUT2D eigenvalue weighted by atomic mass is 10.2. The maximum Gasteiger partial charge on any atom is 0.241 e. The molecule has 2 N–H and O–H groups in total. The highest BCUT2D eigenvalue weighted by Crippen LogP contribution is 2.08. The average Bonchev–Trinajstić information content (AvgIpc) is 2.37. The first-order valence-electron chi connectivity index (χ1n) is 6.14. The number of benzene rings is 1. The Morgan fingerprint density at radius 1 is 1.33 bits per heavy atom. The van der Waals surface area contributed by atoms with Crippen LogP contribution in [0.1, 0.15) is 25.8 Å². The van der Waals surface area contributed by atoms with E-state index < -0.39 is 0 Å². The van der Waals surface area contributed by atoms with Gasteiger partial charge >= 0.3 is 0 Å². The number of amides is 1. The van der Waals surface area contributed by atoms with Crippen LogP contribution in [-0.2, 0) is 4.79 Å². The van der Waals surface area contributed by atoms with Crippen molar-refractivity contribution in [2.24, 2.45) is 0 Å². The second-order valence-corrected chi connectivity index (χ2v) is 4.21. The molecule has 0 aliphatic carbocycles. The average molecular weight is 244 g/mol. The first-order chi connectivity index (χ1) is 8.63. The molecule has 0 bridgehead atoms. The summed E-state index contributed by atoms with van der Waals surface area (Å²) in [7, 11) is 0.